The predicted molar refractivity (Wildman–Crippen MR) is 89.7 cm³/mol. The number of hydrogen-bond acceptors (Lipinski definition) is 6. The molecule has 1 N–H and O–H groups in total. The quantitative estimate of drug-likeness (QED) is 0.770. The molecule has 0 unspecified atom stereocenters. The molecule has 6 nitrogen and oxygen atoms in total. The summed E-state index contributed by atoms with van der Waals surface area (Å²) in [4.78, 5) is 21.2. The Bertz CT molecular complexity index is 869. The van der Waals surface area contributed by atoms with Crippen molar-refractivity contribution in [2.45, 2.75) is 32.2 Å². The number of carbonyl (C=O) groups excluding carboxylic acids is 1. The molecule has 3 aromatic heterocycles. The first kappa shape index (κ1) is 15.0. The number of nitrogens with zero attached hydrogens (tertiary/aromatic N) is 3. The number of rotatable bonds is 5. The molecule has 1 aliphatic carbocycles. The van der Waals surface area contributed by atoms with Crippen LogP contribution < -0.4 is 5.32 Å². The smallest absolute Gasteiger partial charge is 0.253 e. The first-order valence-electron chi connectivity index (χ1n) is 7.81. The van der Waals surface area contributed by atoms with E-state index in [-0.39, 0.29) is 12.5 Å². The highest BCUT2D eigenvalue weighted by Gasteiger charge is 2.28. The van der Waals surface area contributed by atoms with Crippen molar-refractivity contribution in [3.05, 3.63) is 51.9 Å². The molecule has 0 spiro atoms. The van der Waals surface area contributed by atoms with Crippen molar-refractivity contribution in [3.8, 4) is 11.3 Å². The summed E-state index contributed by atoms with van der Waals surface area (Å²) in [7, 11) is 0. The van der Waals surface area contributed by atoms with E-state index in [0.717, 1.165) is 29.9 Å². The lowest BCUT2D eigenvalue weighted by Crippen LogP contribution is -2.24. The zero-order chi connectivity index (χ0) is 16.5. The van der Waals surface area contributed by atoms with Gasteiger partial charge in [-0.2, -0.15) is 16.3 Å². The maximum Gasteiger partial charge on any atom is 0.253 e. The molecule has 0 aromatic carbocycles. The van der Waals surface area contributed by atoms with Gasteiger partial charge in [0.2, 0.25) is 5.89 Å². The topological polar surface area (TPSA) is 80.9 Å². The predicted octanol–water partition coefficient (Wildman–Crippen LogP) is 3.31. The number of amides is 1. The number of hydrogen-bond donors (Lipinski definition) is 1. The number of aromatic nitrogens is 3. The van der Waals surface area contributed by atoms with E-state index in [0.29, 0.717) is 23.1 Å². The van der Waals surface area contributed by atoms with E-state index in [1.807, 2.05) is 29.8 Å². The fourth-order valence-corrected chi connectivity index (χ4v) is 3.12. The van der Waals surface area contributed by atoms with Crippen LogP contribution in [-0.2, 0) is 6.54 Å². The Kier molecular flexibility index (Phi) is 3.86. The van der Waals surface area contributed by atoms with Crippen LogP contribution in [0.5, 0.6) is 0 Å². The van der Waals surface area contributed by atoms with Crippen LogP contribution >= 0.6 is 11.3 Å². The molecule has 1 saturated carbocycles. The number of thiophene rings is 1. The fraction of sp³-hybridized carbons (Fsp3) is 0.294. The van der Waals surface area contributed by atoms with Crippen molar-refractivity contribution in [3.63, 3.8) is 0 Å². The highest BCUT2D eigenvalue weighted by molar-refractivity contribution is 7.08. The van der Waals surface area contributed by atoms with Gasteiger partial charge in [-0.1, -0.05) is 5.16 Å². The van der Waals surface area contributed by atoms with Gasteiger partial charge in [-0.05, 0) is 43.3 Å². The van der Waals surface area contributed by atoms with Gasteiger partial charge in [0.1, 0.15) is 0 Å². The number of pyridine rings is 1. The SMILES string of the molecule is Cc1nc(-c2ccsc2)ccc1C(=O)NCc1nc(C2CC2)no1. The van der Waals surface area contributed by atoms with E-state index >= 15 is 0 Å². The van der Waals surface area contributed by atoms with Crippen LogP contribution in [0.15, 0.2) is 33.5 Å². The third-order valence-corrected chi connectivity index (χ3v) is 4.66. The van der Waals surface area contributed by atoms with Crippen molar-refractivity contribution in [1.82, 2.24) is 20.4 Å². The maximum absolute atomic E-state index is 12.4. The first-order valence-corrected chi connectivity index (χ1v) is 8.76. The minimum Gasteiger partial charge on any atom is -0.343 e. The van der Waals surface area contributed by atoms with E-state index < -0.39 is 0 Å². The third-order valence-electron chi connectivity index (χ3n) is 3.97. The average molecular weight is 340 g/mol. The van der Waals surface area contributed by atoms with E-state index in [4.69, 9.17) is 4.52 Å². The maximum atomic E-state index is 12.4. The molecule has 0 aliphatic heterocycles. The van der Waals surface area contributed by atoms with Crippen LogP contribution in [0.4, 0.5) is 0 Å². The molecule has 1 aliphatic rings. The second kappa shape index (κ2) is 6.16. The molecule has 4 rings (SSSR count). The molecule has 0 saturated heterocycles. The first-order chi connectivity index (χ1) is 11.7. The van der Waals surface area contributed by atoms with E-state index in [1.54, 1.807) is 17.4 Å². The van der Waals surface area contributed by atoms with Gasteiger partial charge in [0.25, 0.3) is 5.91 Å². The molecule has 1 fully saturated rings. The normalized spacial score (nSPS) is 13.9. The van der Waals surface area contributed by atoms with Gasteiger partial charge < -0.3 is 9.84 Å². The fourth-order valence-electron chi connectivity index (χ4n) is 2.47. The van der Waals surface area contributed by atoms with Gasteiger partial charge in [-0.25, -0.2) is 0 Å². The zero-order valence-corrected chi connectivity index (χ0v) is 14.0. The monoisotopic (exact) mass is 340 g/mol. The largest absolute Gasteiger partial charge is 0.343 e. The highest BCUT2D eigenvalue weighted by atomic mass is 32.1. The van der Waals surface area contributed by atoms with E-state index in [2.05, 4.69) is 20.4 Å². The molecule has 7 heteroatoms. The minimum absolute atomic E-state index is 0.192. The average Bonchev–Trinajstić information content (AvgIpc) is 3.11. The number of nitrogens with one attached hydrogen (secondary N) is 1. The van der Waals surface area contributed by atoms with Gasteiger partial charge >= 0.3 is 0 Å². The second-order valence-electron chi connectivity index (χ2n) is 5.84. The Labute approximate surface area is 142 Å². The summed E-state index contributed by atoms with van der Waals surface area (Å²) in [5.41, 5.74) is 3.18. The Balaban J connectivity index is 1.43. The zero-order valence-electron chi connectivity index (χ0n) is 13.2. The summed E-state index contributed by atoms with van der Waals surface area (Å²) < 4.78 is 5.16. The van der Waals surface area contributed by atoms with Crippen LogP contribution in [0.2, 0.25) is 0 Å². The van der Waals surface area contributed by atoms with Crippen LogP contribution in [0.1, 0.15) is 46.5 Å². The Morgan fingerprint density at radius 3 is 2.92 bits per heavy atom. The van der Waals surface area contributed by atoms with Crippen LogP contribution in [-0.4, -0.2) is 21.0 Å². The van der Waals surface area contributed by atoms with E-state index in [1.165, 1.54) is 0 Å². The second-order valence-corrected chi connectivity index (χ2v) is 6.62. The minimum atomic E-state index is -0.192. The van der Waals surface area contributed by atoms with Gasteiger partial charge in [0.15, 0.2) is 5.82 Å². The van der Waals surface area contributed by atoms with E-state index in [9.17, 15) is 4.79 Å². The van der Waals surface area contributed by atoms with Crippen LogP contribution in [0.3, 0.4) is 0 Å². The standard InChI is InChI=1S/C17H16N4O2S/c1-10-13(4-5-14(19-10)12-6-7-24-9-12)17(22)18-8-15-20-16(21-23-15)11-2-3-11/h4-7,9,11H,2-3,8H2,1H3,(H,18,22). The van der Waals surface area contributed by atoms with Crippen LogP contribution in [0, 0.1) is 6.92 Å². The van der Waals surface area contributed by atoms with Gasteiger partial charge in [0.05, 0.1) is 23.5 Å². The highest BCUT2D eigenvalue weighted by Crippen LogP contribution is 2.38. The lowest BCUT2D eigenvalue weighted by Gasteiger charge is -2.07. The van der Waals surface area contributed by atoms with Crippen molar-refractivity contribution in [2.24, 2.45) is 0 Å². The summed E-state index contributed by atoms with van der Waals surface area (Å²) in [6.07, 6.45) is 2.24. The van der Waals surface area contributed by atoms with Crippen LogP contribution in [0.25, 0.3) is 11.3 Å². The molecule has 122 valence electrons. The summed E-state index contributed by atoms with van der Waals surface area (Å²) in [5, 5.41) is 10.8. The summed E-state index contributed by atoms with van der Waals surface area (Å²) >= 11 is 1.62. The molecule has 0 radical (unpaired) electrons. The van der Waals surface area contributed by atoms with Crippen molar-refractivity contribution < 1.29 is 9.32 Å². The van der Waals surface area contributed by atoms with Crippen molar-refractivity contribution in [1.29, 1.82) is 0 Å². The number of carbonyl (C=O) groups is 1. The molecule has 1 amide bonds. The molecule has 24 heavy (non-hydrogen) atoms. The summed E-state index contributed by atoms with van der Waals surface area (Å²) in [5.74, 6) is 1.43. The third kappa shape index (κ3) is 3.07. The number of aryl methyl sites for hydroxylation is 1. The molecule has 3 heterocycles. The Hall–Kier alpha value is -2.54. The van der Waals surface area contributed by atoms with Crippen molar-refractivity contribution in [2.75, 3.05) is 0 Å². The Morgan fingerprint density at radius 1 is 1.33 bits per heavy atom. The lowest BCUT2D eigenvalue weighted by atomic mass is 10.1. The van der Waals surface area contributed by atoms with Crippen molar-refractivity contribution >= 4 is 17.2 Å². The lowest BCUT2D eigenvalue weighted by molar-refractivity contribution is 0.0945. The Morgan fingerprint density at radius 2 is 2.21 bits per heavy atom. The molecule has 0 bridgehead atoms. The summed E-state index contributed by atoms with van der Waals surface area (Å²) in [6.45, 7) is 2.06. The molecule has 3 aromatic rings. The van der Waals surface area contributed by atoms with Gasteiger partial charge in [-0.15, -0.1) is 0 Å². The molecular formula is C17H16N4O2S. The van der Waals surface area contributed by atoms with Gasteiger partial charge in [-0.3, -0.25) is 9.78 Å². The molecular weight excluding hydrogens is 324 g/mol. The van der Waals surface area contributed by atoms with Gasteiger partial charge in [0, 0.05) is 16.9 Å². The molecule has 0 atom stereocenters. The summed E-state index contributed by atoms with van der Waals surface area (Å²) in [6, 6.07) is 5.68.